The van der Waals surface area contributed by atoms with Gasteiger partial charge in [-0.15, -0.1) is 0 Å². The fourth-order valence-corrected chi connectivity index (χ4v) is 35.1. The summed E-state index contributed by atoms with van der Waals surface area (Å²) in [6.07, 6.45) is 2.35. The van der Waals surface area contributed by atoms with Crippen molar-refractivity contribution in [2.45, 2.75) is 13.2 Å². The third-order valence-corrected chi connectivity index (χ3v) is 36.2. The van der Waals surface area contributed by atoms with E-state index in [-0.39, 0.29) is 83.7 Å². The van der Waals surface area contributed by atoms with Crippen LogP contribution in [-0.4, -0.2) is 103 Å². The summed E-state index contributed by atoms with van der Waals surface area (Å²) in [5, 5.41) is 2.60. The normalized spacial score (nSPS) is 29.0. The van der Waals surface area contributed by atoms with Gasteiger partial charge in [0.15, 0.2) is 0 Å². The maximum absolute atomic E-state index is 2.60. The van der Waals surface area contributed by atoms with Gasteiger partial charge in [0.2, 0.25) is 0 Å². The summed E-state index contributed by atoms with van der Waals surface area (Å²) >= 11 is 8.73. The average molecular weight is 883 g/mol. The molecule has 4 atom stereocenters. The molecular formula is C19H16S4Te4. The van der Waals surface area contributed by atoms with Gasteiger partial charge in [-0.3, -0.25) is 0 Å². The SMILES string of the molecule is CSC1[Te]c2ccccc2[Te]C1SC=C1SC2[Te]c3ccccc3[Te]C2S1. The molecule has 0 spiro atoms. The van der Waals surface area contributed by atoms with Crippen molar-refractivity contribution >= 4 is 145 Å². The Morgan fingerprint density at radius 2 is 1.22 bits per heavy atom. The van der Waals surface area contributed by atoms with Gasteiger partial charge >= 0.3 is 223 Å². The van der Waals surface area contributed by atoms with Crippen molar-refractivity contribution in [3.8, 4) is 0 Å². The number of rotatable bonds is 3. The van der Waals surface area contributed by atoms with E-state index in [2.05, 4.69) is 107 Å². The first kappa shape index (κ1) is 21.6. The second kappa shape index (κ2) is 10.1. The first-order valence-corrected chi connectivity index (χ1v) is 22.4. The monoisotopic (exact) mass is 892 g/mol. The number of benzene rings is 2. The molecule has 3 aliphatic heterocycles. The summed E-state index contributed by atoms with van der Waals surface area (Å²) in [4.78, 5) is 0. The fourth-order valence-electron chi connectivity index (χ4n) is 2.86. The first-order valence-electron chi connectivity index (χ1n) is 8.36. The van der Waals surface area contributed by atoms with Crippen molar-refractivity contribution in [3.63, 3.8) is 0 Å². The van der Waals surface area contributed by atoms with Gasteiger partial charge in [0, 0.05) is 0 Å². The van der Waals surface area contributed by atoms with Crippen LogP contribution in [0, 0.1) is 0 Å². The van der Waals surface area contributed by atoms with Gasteiger partial charge in [0.1, 0.15) is 0 Å². The van der Waals surface area contributed by atoms with E-state index in [1.807, 2.05) is 0 Å². The van der Waals surface area contributed by atoms with Gasteiger partial charge in [-0.25, -0.2) is 0 Å². The van der Waals surface area contributed by atoms with Crippen LogP contribution in [0.25, 0.3) is 0 Å². The molecule has 0 aliphatic carbocycles. The predicted octanol–water partition coefficient (Wildman–Crippen LogP) is 1.41. The Morgan fingerprint density at radius 1 is 0.741 bits per heavy atom. The summed E-state index contributed by atoms with van der Waals surface area (Å²) < 4.78 is 12.5. The summed E-state index contributed by atoms with van der Waals surface area (Å²) in [5.41, 5.74) is 0. The molecule has 2 aromatic rings. The van der Waals surface area contributed by atoms with Crippen molar-refractivity contribution in [2.75, 3.05) is 6.26 Å². The molecule has 0 amide bonds. The van der Waals surface area contributed by atoms with Crippen molar-refractivity contribution in [3.05, 3.63) is 58.2 Å². The summed E-state index contributed by atoms with van der Waals surface area (Å²) in [5.74, 6) is 0. The molecule has 3 heterocycles. The Morgan fingerprint density at radius 3 is 1.74 bits per heavy atom. The molecule has 0 aromatic heterocycles. The molecule has 4 unspecified atom stereocenters. The Hall–Kier alpha value is 2.74. The van der Waals surface area contributed by atoms with Crippen molar-refractivity contribution < 1.29 is 0 Å². The molecule has 1 fully saturated rings. The molecular weight excluding hydrogens is 867 g/mol. The van der Waals surface area contributed by atoms with E-state index in [9.17, 15) is 0 Å². The van der Waals surface area contributed by atoms with Crippen molar-refractivity contribution in [2.24, 2.45) is 0 Å². The molecule has 0 bridgehead atoms. The molecule has 0 radical (unpaired) electrons. The van der Waals surface area contributed by atoms with Crippen LogP contribution in [0.5, 0.6) is 0 Å². The van der Waals surface area contributed by atoms with Crippen LogP contribution < -0.4 is 14.4 Å². The van der Waals surface area contributed by atoms with Gasteiger partial charge in [-0.2, -0.15) is 0 Å². The van der Waals surface area contributed by atoms with E-state index >= 15 is 0 Å². The number of thioether (sulfide) groups is 4. The summed E-state index contributed by atoms with van der Waals surface area (Å²) in [7, 11) is 0. The molecule has 1 saturated heterocycles. The Labute approximate surface area is 219 Å². The second-order valence-electron chi connectivity index (χ2n) is 5.88. The van der Waals surface area contributed by atoms with E-state index in [1.54, 1.807) is 18.7 Å². The second-order valence-corrected chi connectivity index (χ2v) is 27.7. The summed E-state index contributed by atoms with van der Waals surface area (Å²) in [6, 6.07) is 18.7. The Balaban J connectivity index is 1.27. The topological polar surface area (TPSA) is 0 Å². The third kappa shape index (κ3) is 5.06. The van der Waals surface area contributed by atoms with E-state index in [0.29, 0.717) is 0 Å². The standard InChI is InChI=1S/C19H16S4Te4/c1-20-16-17(25-12-7-3-2-6-11(12)24-16)21-10-15-22-18-19(23-15)27-14-9-5-4-8-13(14)26-18/h2-10,16-19H,1H3. The van der Waals surface area contributed by atoms with Crippen LogP contribution in [0.2, 0.25) is 0 Å². The van der Waals surface area contributed by atoms with Gasteiger partial charge < -0.3 is 0 Å². The molecule has 0 saturated carbocycles. The van der Waals surface area contributed by atoms with Crippen LogP contribution in [0.3, 0.4) is 0 Å². The zero-order valence-electron chi connectivity index (χ0n) is 14.3. The van der Waals surface area contributed by atoms with Crippen molar-refractivity contribution in [1.82, 2.24) is 0 Å². The zero-order chi connectivity index (χ0) is 18.2. The van der Waals surface area contributed by atoms with E-state index in [1.165, 1.54) is 0 Å². The van der Waals surface area contributed by atoms with Crippen LogP contribution in [0.1, 0.15) is 0 Å². The third-order valence-electron chi connectivity index (χ3n) is 4.11. The minimum atomic E-state index is -0.0734. The average Bonchev–Trinajstić information content (AvgIpc) is 3.11. The number of hydrogen-bond acceptors (Lipinski definition) is 4. The van der Waals surface area contributed by atoms with Gasteiger partial charge in [-0.1, -0.05) is 0 Å². The van der Waals surface area contributed by atoms with Crippen molar-refractivity contribution in [1.29, 1.82) is 0 Å². The molecule has 140 valence electrons. The van der Waals surface area contributed by atoms with E-state index in [4.69, 9.17) is 0 Å². The molecule has 0 nitrogen and oxygen atoms in total. The number of hydrogen-bond donors (Lipinski definition) is 0. The van der Waals surface area contributed by atoms with Gasteiger partial charge in [0.05, 0.1) is 0 Å². The van der Waals surface area contributed by atoms with Crippen LogP contribution in [0.4, 0.5) is 0 Å². The molecule has 8 heteroatoms. The molecule has 5 rings (SSSR count). The number of fused-ring (bicyclic) bond motifs is 3. The maximum atomic E-state index is 2.60. The quantitative estimate of drug-likeness (QED) is 0.429. The molecule has 2 aromatic carbocycles. The zero-order valence-corrected chi connectivity index (χ0v) is 26.9. The molecule has 3 aliphatic rings. The fraction of sp³-hybridized carbons (Fsp3) is 0.263. The predicted molar refractivity (Wildman–Crippen MR) is 134 cm³/mol. The van der Waals surface area contributed by atoms with E-state index in [0.717, 1.165) is 13.2 Å². The minimum absolute atomic E-state index is 0.0157. The van der Waals surface area contributed by atoms with Gasteiger partial charge in [0.25, 0.3) is 0 Å². The van der Waals surface area contributed by atoms with Crippen LogP contribution in [0.15, 0.2) is 58.2 Å². The van der Waals surface area contributed by atoms with Crippen LogP contribution in [-0.2, 0) is 0 Å². The molecule has 0 N–H and O–H groups in total. The van der Waals surface area contributed by atoms with Gasteiger partial charge in [-0.05, 0) is 0 Å². The Kier molecular flexibility index (Phi) is 8.09. The first-order chi connectivity index (χ1) is 13.3. The van der Waals surface area contributed by atoms with Crippen LogP contribution >= 0.6 is 47.0 Å². The Bertz CT molecular complexity index is 839. The molecule has 27 heavy (non-hydrogen) atoms. The summed E-state index contributed by atoms with van der Waals surface area (Å²) in [6.45, 7) is 0. The van der Waals surface area contributed by atoms with E-state index < -0.39 is 0 Å².